The predicted octanol–water partition coefficient (Wildman–Crippen LogP) is 5.24. The van der Waals surface area contributed by atoms with E-state index in [1.165, 1.54) is 23.8 Å². The molecular formula is C32H31ClN4O3. The van der Waals surface area contributed by atoms with Crippen molar-refractivity contribution in [2.75, 3.05) is 20.1 Å². The number of rotatable bonds is 8. The zero-order chi connectivity index (χ0) is 28.1. The van der Waals surface area contributed by atoms with Crippen molar-refractivity contribution in [2.45, 2.75) is 25.4 Å². The monoisotopic (exact) mass is 554 g/mol. The number of carbonyl (C=O) groups excluding carboxylic acids is 2. The van der Waals surface area contributed by atoms with E-state index in [0.29, 0.717) is 6.42 Å². The number of fused-ring (bicyclic) bond motifs is 1. The van der Waals surface area contributed by atoms with Crippen molar-refractivity contribution in [3.05, 3.63) is 112 Å². The molecule has 1 aliphatic heterocycles. The second kappa shape index (κ2) is 12.3. The van der Waals surface area contributed by atoms with Crippen LogP contribution in [0.1, 0.15) is 33.5 Å². The fraction of sp³-hybridized carbons (Fsp3) is 0.219. The fourth-order valence-corrected chi connectivity index (χ4v) is 5.31. The summed E-state index contributed by atoms with van der Waals surface area (Å²) >= 11 is 5.90. The molecule has 204 valence electrons. The largest absolute Gasteiger partial charge is 0.506 e. The summed E-state index contributed by atoms with van der Waals surface area (Å²) in [4.78, 5) is 30.0. The minimum Gasteiger partial charge on any atom is -0.506 e. The van der Waals surface area contributed by atoms with E-state index in [1.54, 1.807) is 6.21 Å². The molecule has 4 aromatic rings. The van der Waals surface area contributed by atoms with Gasteiger partial charge in [-0.25, -0.2) is 5.43 Å². The molecule has 1 saturated heterocycles. The lowest BCUT2D eigenvalue weighted by atomic mass is 9.97. The molecule has 0 spiro atoms. The van der Waals surface area contributed by atoms with Crippen LogP contribution in [0.5, 0.6) is 5.75 Å². The number of phenolic OH excluding ortho intramolecular Hbond substituents is 1. The topological polar surface area (TPSA) is 85.2 Å². The smallest absolute Gasteiger partial charge is 0.271 e. The van der Waals surface area contributed by atoms with Crippen LogP contribution in [0.3, 0.4) is 0 Å². The van der Waals surface area contributed by atoms with E-state index in [0.717, 1.165) is 48.0 Å². The van der Waals surface area contributed by atoms with Crippen molar-refractivity contribution < 1.29 is 14.7 Å². The minimum atomic E-state index is -0.443. The van der Waals surface area contributed by atoms with Crippen LogP contribution in [0.2, 0.25) is 5.02 Å². The number of carbonyl (C=O) groups is 2. The first-order valence-electron chi connectivity index (χ1n) is 13.2. The lowest BCUT2D eigenvalue weighted by Gasteiger charge is -2.25. The number of nitrogens with zero attached hydrogens (tertiary/aromatic N) is 3. The molecule has 1 atom stereocenters. The third-order valence-electron chi connectivity index (χ3n) is 7.41. The van der Waals surface area contributed by atoms with Gasteiger partial charge in [-0.1, -0.05) is 78.3 Å². The number of amides is 2. The van der Waals surface area contributed by atoms with Crippen LogP contribution in [0.4, 0.5) is 0 Å². The van der Waals surface area contributed by atoms with Gasteiger partial charge >= 0.3 is 0 Å². The van der Waals surface area contributed by atoms with Gasteiger partial charge in [0.1, 0.15) is 5.75 Å². The van der Waals surface area contributed by atoms with Crippen molar-refractivity contribution in [2.24, 2.45) is 5.10 Å². The molecule has 7 nitrogen and oxygen atoms in total. The normalized spacial score (nSPS) is 15.5. The van der Waals surface area contributed by atoms with Gasteiger partial charge in [-0.15, -0.1) is 0 Å². The summed E-state index contributed by atoms with van der Waals surface area (Å²) in [5, 5.41) is 15.7. The number of benzene rings is 4. The Balaban J connectivity index is 1.24. The molecule has 2 N–H and O–H groups in total. The highest BCUT2D eigenvalue weighted by atomic mass is 35.5. The van der Waals surface area contributed by atoms with E-state index in [2.05, 4.69) is 39.7 Å². The number of aromatic hydroxyl groups is 1. The Hall–Kier alpha value is -4.20. The highest BCUT2D eigenvalue weighted by Crippen LogP contribution is 2.25. The molecule has 1 heterocycles. The van der Waals surface area contributed by atoms with Crippen LogP contribution in [0, 0.1) is 0 Å². The number of hydrogen-bond donors (Lipinski definition) is 2. The van der Waals surface area contributed by atoms with Gasteiger partial charge < -0.3 is 10.0 Å². The molecule has 5 rings (SSSR count). The van der Waals surface area contributed by atoms with Crippen LogP contribution in [-0.4, -0.2) is 59.1 Å². The summed E-state index contributed by atoms with van der Waals surface area (Å²) in [7, 11) is 1.91. The average molecular weight is 555 g/mol. The highest BCUT2D eigenvalue weighted by Gasteiger charge is 2.28. The predicted molar refractivity (Wildman–Crippen MR) is 159 cm³/mol. The lowest BCUT2D eigenvalue weighted by molar-refractivity contribution is -0.131. The molecule has 1 aliphatic rings. The molecule has 4 aromatic carbocycles. The van der Waals surface area contributed by atoms with Crippen molar-refractivity contribution >= 4 is 40.4 Å². The number of likely N-dealkylation sites (tertiary alicyclic amines) is 1. The molecule has 40 heavy (non-hydrogen) atoms. The highest BCUT2D eigenvalue weighted by molar-refractivity contribution is 6.32. The summed E-state index contributed by atoms with van der Waals surface area (Å²) in [5.74, 6) is -0.439. The van der Waals surface area contributed by atoms with Crippen LogP contribution in [0.15, 0.2) is 90.0 Å². The summed E-state index contributed by atoms with van der Waals surface area (Å²) < 4.78 is 0. The Morgan fingerprint density at radius 2 is 1.80 bits per heavy atom. The van der Waals surface area contributed by atoms with Gasteiger partial charge in [0.05, 0.1) is 17.7 Å². The Bertz CT molecular complexity index is 1560. The third-order valence-corrected chi connectivity index (χ3v) is 7.71. The molecule has 0 radical (unpaired) electrons. The summed E-state index contributed by atoms with van der Waals surface area (Å²) in [6, 6.07) is 26.6. The molecule has 1 unspecified atom stereocenters. The zero-order valence-electron chi connectivity index (χ0n) is 22.3. The Kier molecular flexibility index (Phi) is 8.43. The molecule has 0 bridgehead atoms. The van der Waals surface area contributed by atoms with Gasteiger partial charge in [0.15, 0.2) is 0 Å². The van der Waals surface area contributed by atoms with E-state index in [-0.39, 0.29) is 28.3 Å². The van der Waals surface area contributed by atoms with Crippen molar-refractivity contribution in [1.29, 1.82) is 0 Å². The molecule has 0 aliphatic carbocycles. The van der Waals surface area contributed by atoms with E-state index >= 15 is 0 Å². The first-order valence-corrected chi connectivity index (χ1v) is 13.6. The van der Waals surface area contributed by atoms with Crippen molar-refractivity contribution in [1.82, 2.24) is 15.2 Å². The number of halogens is 1. The van der Waals surface area contributed by atoms with Gasteiger partial charge in [0.2, 0.25) is 5.91 Å². The van der Waals surface area contributed by atoms with Gasteiger partial charge in [-0.05, 0) is 46.5 Å². The molecule has 0 aromatic heterocycles. The second-order valence-corrected chi connectivity index (χ2v) is 10.5. The fourth-order valence-electron chi connectivity index (χ4n) is 5.13. The number of likely N-dealkylation sites (N-methyl/N-ethyl adjacent to an activating group) is 1. The van der Waals surface area contributed by atoms with E-state index in [4.69, 9.17) is 11.6 Å². The summed E-state index contributed by atoms with van der Waals surface area (Å²) in [6.07, 6.45) is 2.86. The van der Waals surface area contributed by atoms with Gasteiger partial charge in [0, 0.05) is 43.9 Å². The first-order chi connectivity index (χ1) is 19.4. The van der Waals surface area contributed by atoms with Crippen molar-refractivity contribution in [3.8, 4) is 5.75 Å². The maximum Gasteiger partial charge on any atom is 0.271 e. The van der Waals surface area contributed by atoms with Crippen molar-refractivity contribution in [3.63, 3.8) is 0 Å². The van der Waals surface area contributed by atoms with E-state index in [9.17, 15) is 14.7 Å². The maximum absolute atomic E-state index is 13.3. The molecular weight excluding hydrogens is 524 g/mol. The minimum absolute atomic E-state index is 0.0915. The van der Waals surface area contributed by atoms with Gasteiger partial charge in [-0.2, -0.15) is 5.10 Å². The van der Waals surface area contributed by atoms with Crippen LogP contribution in [-0.2, 0) is 17.8 Å². The second-order valence-electron chi connectivity index (χ2n) is 10.1. The quantitative estimate of drug-likeness (QED) is 0.230. The SMILES string of the molecule is CN(C(=O)Cc1ccc(/C=N/NC(=O)c2ccc(O)c(Cl)c2)c2ccccc12)C1CCN(Cc2ccccc2)C1. The maximum atomic E-state index is 13.3. The Morgan fingerprint density at radius 1 is 1.05 bits per heavy atom. The van der Waals surface area contributed by atoms with Crippen LogP contribution >= 0.6 is 11.6 Å². The zero-order valence-corrected chi connectivity index (χ0v) is 23.0. The molecule has 2 amide bonds. The standard InChI is InChI=1S/C32H31ClN4O3/c1-36(26-15-16-37(21-26)20-22-7-3-2-4-8-22)31(39)18-23-11-12-25(28-10-6-5-9-27(23)28)19-34-35-32(40)24-13-14-30(38)29(33)17-24/h2-14,17,19,26,38H,15-16,18,20-21H2,1H3,(H,35,40)/b34-19+. The summed E-state index contributed by atoms with van der Waals surface area (Å²) in [6.45, 7) is 2.75. The average Bonchev–Trinajstić information content (AvgIpc) is 3.44. The number of nitrogens with one attached hydrogen (secondary N) is 1. The Morgan fingerprint density at radius 3 is 2.58 bits per heavy atom. The molecule has 1 fully saturated rings. The van der Waals surface area contributed by atoms with Crippen LogP contribution in [0.25, 0.3) is 10.8 Å². The number of hydrazone groups is 1. The first kappa shape index (κ1) is 27.4. The third kappa shape index (κ3) is 6.33. The molecule has 0 saturated carbocycles. The summed E-state index contributed by atoms with van der Waals surface area (Å²) in [5.41, 5.74) is 5.84. The van der Waals surface area contributed by atoms with Crippen LogP contribution < -0.4 is 5.43 Å². The van der Waals surface area contributed by atoms with Gasteiger partial charge in [-0.3, -0.25) is 14.5 Å². The van der Waals surface area contributed by atoms with E-state index < -0.39 is 5.91 Å². The van der Waals surface area contributed by atoms with E-state index in [1.807, 2.05) is 54.4 Å². The molecule has 8 heteroatoms. The Labute approximate surface area is 238 Å². The van der Waals surface area contributed by atoms with Gasteiger partial charge in [0.25, 0.3) is 5.91 Å². The lowest BCUT2D eigenvalue weighted by Crippen LogP contribution is -2.39. The number of phenols is 1. The number of hydrogen-bond acceptors (Lipinski definition) is 5.